The van der Waals surface area contributed by atoms with Crippen molar-refractivity contribution in [2.45, 2.75) is 13.8 Å². The zero-order valence-corrected chi connectivity index (χ0v) is 13.0. The molecule has 22 heavy (non-hydrogen) atoms. The van der Waals surface area contributed by atoms with Gasteiger partial charge in [0.25, 0.3) is 5.91 Å². The van der Waals surface area contributed by atoms with E-state index in [-0.39, 0.29) is 5.91 Å². The van der Waals surface area contributed by atoms with Crippen LogP contribution in [0, 0.1) is 13.8 Å². The Morgan fingerprint density at radius 1 is 1.27 bits per heavy atom. The normalized spacial score (nSPS) is 10.3. The van der Waals surface area contributed by atoms with Crippen LogP contribution in [0.15, 0.2) is 30.5 Å². The van der Waals surface area contributed by atoms with E-state index in [1.807, 2.05) is 32.0 Å². The van der Waals surface area contributed by atoms with Crippen LogP contribution in [0.1, 0.15) is 21.6 Å². The number of benzene rings is 1. The highest BCUT2D eigenvalue weighted by Crippen LogP contribution is 2.18. The van der Waals surface area contributed by atoms with Crippen LogP contribution in [-0.4, -0.2) is 36.1 Å². The van der Waals surface area contributed by atoms with Crippen LogP contribution in [0.5, 0.6) is 0 Å². The zero-order valence-electron chi connectivity index (χ0n) is 13.0. The quantitative estimate of drug-likeness (QED) is 0.801. The van der Waals surface area contributed by atoms with Crippen LogP contribution in [0.4, 0.5) is 11.6 Å². The van der Waals surface area contributed by atoms with E-state index >= 15 is 0 Å². The highest BCUT2D eigenvalue weighted by molar-refractivity contribution is 6.03. The molecule has 0 spiro atoms. The highest BCUT2D eigenvalue weighted by Gasteiger charge is 2.11. The number of amides is 1. The molecule has 0 saturated heterocycles. The number of aryl methyl sites for hydroxylation is 1. The number of aromatic nitrogens is 2. The van der Waals surface area contributed by atoms with E-state index in [2.05, 4.69) is 20.6 Å². The Kier molecular flexibility index (Phi) is 5.43. The van der Waals surface area contributed by atoms with Crippen LogP contribution in [-0.2, 0) is 4.74 Å². The third-order valence-electron chi connectivity index (χ3n) is 3.33. The number of ether oxygens (including phenoxy) is 1. The van der Waals surface area contributed by atoms with E-state index in [9.17, 15) is 4.79 Å². The van der Waals surface area contributed by atoms with Crippen molar-refractivity contribution < 1.29 is 9.53 Å². The van der Waals surface area contributed by atoms with Crippen molar-refractivity contribution in [2.75, 3.05) is 30.9 Å². The largest absolute Gasteiger partial charge is 0.383 e. The Hall–Kier alpha value is -2.47. The van der Waals surface area contributed by atoms with Crippen LogP contribution in [0.2, 0.25) is 0 Å². The summed E-state index contributed by atoms with van der Waals surface area (Å²) in [4.78, 5) is 20.6. The number of methoxy groups -OCH3 is 1. The van der Waals surface area contributed by atoms with Gasteiger partial charge in [-0.25, -0.2) is 9.97 Å². The third-order valence-corrected chi connectivity index (χ3v) is 3.33. The number of rotatable bonds is 6. The van der Waals surface area contributed by atoms with Crippen molar-refractivity contribution in [3.63, 3.8) is 0 Å². The molecule has 0 unspecified atom stereocenters. The predicted molar refractivity (Wildman–Crippen MR) is 86.3 cm³/mol. The number of hydrogen-bond donors (Lipinski definition) is 2. The van der Waals surface area contributed by atoms with Crippen LogP contribution in [0.3, 0.4) is 0 Å². The summed E-state index contributed by atoms with van der Waals surface area (Å²) >= 11 is 0. The molecular formula is C16H20N4O2. The van der Waals surface area contributed by atoms with E-state index in [0.29, 0.717) is 24.8 Å². The summed E-state index contributed by atoms with van der Waals surface area (Å²) in [7, 11) is 1.62. The van der Waals surface area contributed by atoms with E-state index in [1.165, 1.54) is 0 Å². The average Bonchev–Trinajstić information content (AvgIpc) is 2.52. The molecule has 1 aromatic carbocycles. The topological polar surface area (TPSA) is 76.1 Å². The van der Waals surface area contributed by atoms with Gasteiger partial charge in [-0.05, 0) is 37.1 Å². The molecule has 6 heteroatoms. The van der Waals surface area contributed by atoms with Crippen LogP contribution < -0.4 is 10.6 Å². The maximum absolute atomic E-state index is 12.3. The van der Waals surface area contributed by atoms with Crippen molar-refractivity contribution in [3.05, 3.63) is 47.3 Å². The standard InChI is InChI=1S/C16H20N4O2/c1-11-5-4-6-13(12(11)2)19-15(21)14-7-8-17-16(20-14)18-9-10-22-3/h4-8H,9-10H2,1-3H3,(H,19,21)(H,17,18,20). The van der Waals surface area contributed by atoms with Gasteiger partial charge in [-0.15, -0.1) is 0 Å². The molecule has 1 aromatic heterocycles. The molecule has 2 aromatic rings. The van der Waals surface area contributed by atoms with Crippen molar-refractivity contribution in [1.82, 2.24) is 9.97 Å². The molecular weight excluding hydrogens is 280 g/mol. The molecule has 6 nitrogen and oxygen atoms in total. The number of anilines is 2. The molecule has 2 rings (SSSR count). The summed E-state index contributed by atoms with van der Waals surface area (Å²) in [5.74, 6) is 0.150. The first kappa shape index (κ1) is 15.9. The number of carbonyl (C=O) groups is 1. The van der Waals surface area contributed by atoms with Crippen molar-refractivity contribution >= 4 is 17.5 Å². The average molecular weight is 300 g/mol. The summed E-state index contributed by atoms with van der Waals surface area (Å²) < 4.78 is 4.95. The van der Waals surface area contributed by atoms with Gasteiger partial charge in [-0.1, -0.05) is 12.1 Å². The van der Waals surface area contributed by atoms with E-state index < -0.39 is 0 Å². The number of nitrogens with zero attached hydrogens (tertiary/aromatic N) is 2. The monoisotopic (exact) mass is 300 g/mol. The van der Waals surface area contributed by atoms with Crippen LogP contribution in [0.25, 0.3) is 0 Å². The third kappa shape index (κ3) is 4.02. The van der Waals surface area contributed by atoms with Gasteiger partial charge in [0, 0.05) is 25.5 Å². The molecule has 1 heterocycles. The SMILES string of the molecule is COCCNc1nccc(C(=O)Nc2cccc(C)c2C)n1. The van der Waals surface area contributed by atoms with Gasteiger partial charge in [0.2, 0.25) is 5.95 Å². The molecule has 2 N–H and O–H groups in total. The number of carbonyl (C=O) groups excluding carboxylic acids is 1. The fourth-order valence-electron chi connectivity index (χ4n) is 1.91. The molecule has 116 valence electrons. The Labute approximate surface area is 129 Å². The zero-order chi connectivity index (χ0) is 15.9. The van der Waals surface area contributed by atoms with Crippen molar-refractivity contribution in [3.8, 4) is 0 Å². The molecule has 0 radical (unpaired) electrons. The summed E-state index contributed by atoms with van der Waals surface area (Å²) in [5, 5.41) is 5.88. The van der Waals surface area contributed by atoms with Gasteiger partial charge in [0.15, 0.2) is 0 Å². The summed E-state index contributed by atoms with van der Waals surface area (Å²) in [5.41, 5.74) is 3.28. The lowest BCUT2D eigenvalue weighted by atomic mass is 10.1. The summed E-state index contributed by atoms with van der Waals surface area (Å²) in [6, 6.07) is 7.38. The minimum absolute atomic E-state index is 0.258. The molecule has 0 aliphatic rings. The molecule has 0 fully saturated rings. The minimum atomic E-state index is -0.258. The second-order valence-electron chi connectivity index (χ2n) is 4.89. The van der Waals surface area contributed by atoms with Crippen LogP contribution >= 0.6 is 0 Å². The van der Waals surface area contributed by atoms with Gasteiger partial charge in [0.1, 0.15) is 5.69 Å². The molecule has 0 saturated carbocycles. The summed E-state index contributed by atoms with van der Waals surface area (Å²) in [6.45, 7) is 5.11. The second-order valence-corrected chi connectivity index (χ2v) is 4.89. The Bertz CT molecular complexity index is 658. The first-order valence-electron chi connectivity index (χ1n) is 7.05. The number of nitrogens with one attached hydrogen (secondary N) is 2. The smallest absolute Gasteiger partial charge is 0.274 e. The van der Waals surface area contributed by atoms with E-state index in [1.54, 1.807) is 19.4 Å². The molecule has 1 amide bonds. The Morgan fingerprint density at radius 3 is 2.86 bits per heavy atom. The maximum atomic E-state index is 12.3. The minimum Gasteiger partial charge on any atom is -0.383 e. The van der Waals surface area contributed by atoms with E-state index in [4.69, 9.17) is 4.74 Å². The Balaban J connectivity index is 2.09. The maximum Gasteiger partial charge on any atom is 0.274 e. The lowest BCUT2D eigenvalue weighted by Crippen LogP contribution is -2.17. The fourth-order valence-corrected chi connectivity index (χ4v) is 1.91. The Morgan fingerprint density at radius 2 is 2.09 bits per heavy atom. The predicted octanol–water partition coefficient (Wildman–Crippen LogP) is 2.40. The first-order chi connectivity index (χ1) is 10.6. The van der Waals surface area contributed by atoms with E-state index in [0.717, 1.165) is 16.8 Å². The lowest BCUT2D eigenvalue weighted by molar-refractivity contribution is 0.102. The first-order valence-corrected chi connectivity index (χ1v) is 7.05. The van der Waals surface area contributed by atoms with Gasteiger partial charge in [-0.3, -0.25) is 4.79 Å². The molecule has 0 bridgehead atoms. The fraction of sp³-hybridized carbons (Fsp3) is 0.312. The van der Waals surface area contributed by atoms with Gasteiger partial charge in [-0.2, -0.15) is 0 Å². The number of hydrogen-bond acceptors (Lipinski definition) is 5. The summed E-state index contributed by atoms with van der Waals surface area (Å²) in [6.07, 6.45) is 1.56. The van der Waals surface area contributed by atoms with Gasteiger partial charge in [0.05, 0.1) is 6.61 Å². The lowest BCUT2D eigenvalue weighted by Gasteiger charge is -2.10. The molecule has 0 aliphatic heterocycles. The van der Waals surface area contributed by atoms with Crippen molar-refractivity contribution in [1.29, 1.82) is 0 Å². The second kappa shape index (κ2) is 7.51. The molecule has 0 atom stereocenters. The molecule has 0 aliphatic carbocycles. The van der Waals surface area contributed by atoms with Gasteiger partial charge >= 0.3 is 0 Å². The van der Waals surface area contributed by atoms with Gasteiger partial charge < -0.3 is 15.4 Å². The highest BCUT2D eigenvalue weighted by atomic mass is 16.5. The van der Waals surface area contributed by atoms with Crippen molar-refractivity contribution in [2.24, 2.45) is 0 Å².